The van der Waals surface area contributed by atoms with Gasteiger partial charge in [0.05, 0.1) is 5.69 Å². The summed E-state index contributed by atoms with van der Waals surface area (Å²) in [5.74, 6) is -0.121. The molecule has 21 heavy (non-hydrogen) atoms. The molecule has 0 aliphatic rings. The lowest BCUT2D eigenvalue weighted by atomic mass is 10.1. The van der Waals surface area contributed by atoms with Gasteiger partial charge in [0.25, 0.3) is 5.91 Å². The summed E-state index contributed by atoms with van der Waals surface area (Å²) in [5, 5.41) is 7.29. The van der Waals surface area contributed by atoms with Crippen LogP contribution in [0.2, 0.25) is 0 Å². The molecule has 2 rings (SSSR count). The first-order valence-corrected chi connectivity index (χ1v) is 7.23. The Morgan fingerprint density at radius 1 is 1.38 bits per heavy atom. The monoisotopic (exact) mass is 286 g/mol. The molecule has 0 aliphatic heterocycles. The highest BCUT2D eigenvalue weighted by Gasteiger charge is 2.17. The first kappa shape index (κ1) is 15.3. The van der Waals surface area contributed by atoms with Crippen molar-refractivity contribution in [3.8, 4) is 0 Å². The van der Waals surface area contributed by atoms with Gasteiger partial charge in [-0.3, -0.25) is 9.48 Å². The fourth-order valence-electron chi connectivity index (χ4n) is 2.32. The summed E-state index contributed by atoms with van der Waals surface area (Å²) in [5.41, 5.74) is 8.37. The topological polar surface area (TPSA) is 72.9 Å². The first-order valence-electron chi connectivity index (χ1n) is 7.23. The van der Waals surface area contributed by atoms with Crippen LogP contribution in [0.15, 0.2) is 36.4 Å². The van der Waals surface area contributed by atoms with Crippen LogP contribution in [0, 0.1) is 6.92 Å². The molecule has 112 valence electrons. The van der Waals surface area contributed by atoms with Crippen LogP contribution < -0.4 is 11.1 Å². The van der Waals surface area contributed by atoms with Crippen LogP contribution in [-0.4, -0.2) is 28.3 Å². The molecule has 0 spiro atoms. The van der Waals surface area contributed by atoms with E-state index in [1.165, 1.54) is 0 Å². The van der Waals surface area contributed by atoms with Crippen molar-refractivity contribution in [2.45, 2.75) is 32.9 Å². The van der Waals surface area contributed by atoms with Gasteiger partial charge in [-0.05, 0) is 31.9 Å². The number of rotatable bonds is 6. The van der Waals surface area contributed by atoms with E-state index in [0.717, 1.165) is 17.7 Å². The molecule has 0 radical (unpaired) electrons. The van der Waals surface area contributed by atoms with Crippen molar-refractivity contribution in [1.29, 1.82) is 0 Å². The summed E-state index contributed by atoms with van der Waals surface area (Å²) < 4.78 is 1.71. The molecule has 1 amide bonds. The maximum Gasteiger partial charge on any atom is 0.269 e. The molecule has 0 fully saturated rings. The van der Waals surface area contributed by atoms with E-state index in [0.29, 0.717) is 18.8 Å². The Balaban J connectivity index is 2.05. The van der Waals surface area contributed by atoms with Crippen LogP contribution in [0.1, 0.15) is 28.7 Å². The van der Waals surface area contributed by atoms with Gasteiger partial charge in [0, 0.05) is 19.1 Å². The Labute approximate surface area is 125 Å². The van der Waals surface area contributed by atoms with E-state index in [4.69, 9.17) is 5.73 Å². The standard InChI is InChI=1S/C16H22N4O/c1-3-20-15(9-12(2)19-20)16(21)18-14(11-17)10-13-7-5-4-6-8-13/h4-9,14H,3,10-11,17H2,1-2H3,(H,18,21). The lowest BCUT2D eigenvalue weighted by molar-refractivity contribution is 0.0927. The summed E-state index contributed by atoms with van der Waals surface area (Å²) in [4.78, 5) is 12.4. The molecule has 0 saturated carbocycles. The van der Waals surface area contributed by atoms with Gasteiger partial charge in [-0.2, -0.15) is 5.10 Å². The highest BCUT2D eigenvalue weighted by molar-refractivity contribution is 5.92. The molecule has 3 N–H and O–H groups in total. The number of amides is 1. The summed E-state index contributed by atoms with van der Waals surface area (Å²) in [6.07, 6.45) is 0.725. The van der Waals surface area contributed by atoms with Gasteiger partial charge in [0.1, 0.15) is 5.69 Å². The van der Waals surface area contributed by atoms with Gasteiger partial charge in [-0.1, -0.05) is 30.3 Å². The number of nitrogens with one attached hydrogen (secondary N) is 1. The van der Waals surface area contributed by atoms with Crippen LogP contribution in [0.3, 0.4) is 0 Å². The number of benzene rings is 1. The smallest absolute Gasteiger partial charge is 0.269 e. The van der Waals surface area contributed by atoms with Gasteiger partial charge in [0.2, 0.25) is 0 Å². The predicted octanol–water partition coefficient (Wildman–Crippen LogP) is 1.51. The SMILES string of the molecule is CCn1nc(C)cc1C(=O)NC(CN)Cc1ccccc1. The highest BCUT2D eigenvalue weighted by Crippen LogP contribution is 2.06. The minimum Gasteiger partial charge on any atom is -0.346 e. The zero-order chi connectivity index (χ0) is 15.2. The van der Waals surface area contributed by atoms with Crippen molar-refractivity contribution in [3.05, 3.63) is 53.3 Å². The molecule has 0 aliphatic carbocycles. The average Bonchev–Trinajstić information content (AvgIpc) is 2.88. The van der Waals surface area contributed by atoms with Crippen molar-refractivity contribution in [3.63, 3.8) is 0 Å². The molecule has 1 aromatic heterocycles. The van der Waals surface area contributed by atoms with Crippen LogP contribution in [-0.2, 0) is 13.0 Å². The van der Waals surface area contributed by atoms with E-state index in [1.54, 1.807) is 10.7 Å². The predicted molar refractivity (Wildman–Crippen MR) is 83.1 cm³/mol. The van der Waals surface area contributed by atoms with Crippen LogP contribution in [0.25, 0.3) is 0 Å². The Hall–Kier alpha value is -2.14. The second-order valence-electron chi connectivity index (χ2n) is 5.08. The number of aryl methyl sites for hydroxylation is 2. The summed E-state index contributed by atoms with van der Waals surface area (Å²) >= 11 is 0. The fourth-order valence-corrected chi connectivity index (χ4v) is 2.32. The first-order chi connectivity index (χ1) is 10.1. The minimum absolute atomic E-state index is 0.0830. The van der Waals surface area contributed by atoms with Gasteiger partial charge in [-0.15, -0.1) is 0 Å². The van der Waals surface area contributed by atoms with Crippen molar-refractivity contribution in [2.24, 2.45) is 5.73 Å². The largest absolute Gasteiger partial charge is 0.346 e. The molecule has 0 bridgehead atoms. The molecule has 1 heterocycles. The van der Waals surface area contributed by atoms with Crippen LogP contribution >= 0.6 is 0 Å². The normalized spacial score (nSPS) is 12.1. The Bertz CT molecular complexity index is 592. The van der Waals surface area contributed by atoms with Crippen LogP contribution in [0.4, 0.5) is 0 Å². The van der Waals surface area contributed by atoms with Gasteiger partial charge < -0.3 is 11.1 Å². The van der Waals surface area contributed by atoms with Crippen molar-refractivity contribution < 1.29 is 4.79 Å². The van der Waals surface area contributed by atoms with Crippen molar-refractivity contribution in [1.82, 2.24) is 15.1 Å². The lowest BCUT2D eigenvalue weighted by Gasteiger charge is -2.17. The fraction of sp³-hybridized carbons (Fsp3) is 0.375. The zero-order valence-electron chi connectivity index (χ0n) is 12.5. The summed E-state index contributed by atoms with van der Waals surface area (Å²) in [6, 6.07) is 11.7. The third-order valence-corrected chi connectivity index (χ3v) is 3.38. The van der Waals surface area contributed by atoms with Gasteiger partial charge in [0.15, 0.2) is 0 Å². The second kappa shape index (κ2) is 7.04. The third-order valence-electron chi connectivity index (χ3n) is 3.38. The molecule has 5 nitrogen and oxygen atoms in total. The average molecular weight is 286 g/mol. The number of carbonyl (C=O) groups is 1. The van der Waals surface area contributed by atoms with Crippen LogP contribution in [0.5, 0.6) is 0 Å². The Morgan fingerprint density at radius 3 is 2.71 bits per heavy atom. The maximum atomic E-state index is 12.4. The van der Waals surface area contributed by atoms with E-state index in [9.17, 15) is 4.79 Å². The molecular formula is C16H22N4O. The molecule has 5 heteroatoms. The molecule has 1 atom stereocenters. The Morgan fingerprint density at radius 2 is 2.10 bits per heavy atom. The Kier molecular flexibility index (Phi) is 5.11. The van der Waals surface area contributed by atoms with Crippen molar-refractivity contribution >= 4 is 5.91 Å². The quantitative estimate of drug-likeness (QED) is 0.845. The number of aromatic nitrogens is 2. The number of hydrogen-bond donors (Lipinski definition) is 2. The van der Waals surface area contributed by atoms with Gasteiger partial charge >= 0.3 is 0 Å². The number of hydrogen-bond acceptors (Lipinski definition) is 3. The van der Waals surface area contributed by atoms with E-state index < -0.39 is 0 Å². The maximum absolute atomic E-state index is 12.4. The number of nitrogens with zero attached hydrogens (tertiary/aromatic N) is 2. The second-order valence-corrected chi connectivity index (χ2v) is 5.08. The lowest BCUT2D eigenvalue weighted by Crippen LogP contribution is -2.42. The molecule has 2 aromatic rings. The summed E-state index contributed by atoms with van der Waals surface area (Å²) in [6.45, 7) is 4.92. The highest BCUT2D eigenvalue weighted by atomic mass is 16.2. The minimum atomic E-state index is -0.121. The van der Waals surface area contributed by atoms with E-state index in [2.05, 4.69) is 10.4 Å². The van der Waals surface area contributed by atoms with Gasteiger partial charge in [-0.25, -0.2) is 0 Å². The molecular weight excluding hydrogens is 264 g/mol. The van der Waals surface area contributed by atoms with E-state index >= 15 is 0 Å². The number of nitrogens with two attached hydrogens (primary N) is 1. The third kappa shape index (κ3) is 3.92. The van der Waals surface area contributed by atoms with E-state index in [-0.39, 0.29) is 11.9 Å². The van der Waals surface area contributed by atoms with Crippen molar-refractivity contribution in [2.75, 3.05) is 6.54 Å². The molecule has 1 aromatic carbocycles. The molecule has 0 saturated heterocycles. The summed E-state index contributed by atoms with van der Waals surface area (Å²) in [7, 11) is 0. The number of carbonyl (C=O) groups excluding carboxylic acids is 1. The van der Waals surface area contributed by atoms with E-state index in [1.807, 2.05) is 44.2 Å². The molecule has 1 unspecified atom stereocenters. The zero-order valence-corrected chi connectivity index (χ0v) is 12.5.